The van der Waals surface area contributed by atoms with Crippen molar-refractivity contribution in [3.05, 3.63) is 64.7 Å². The van der Waals surface area contributed by atoms with E-state index in [4.69, 9.17) is 26.8 Å². The van der Waals surface area contributed by atoms with E-state index in [1.165, 1.54) is 0 Å². The molecule has 3 rings (SSSR count). The van der Waals surface area contributed by atoms with Gasteiger partial charge in [-0.1, -0.05) is 41.9 Å². The Balaban J connectivity index is 1.73. The third-order valence-electron chi connectivity index (χ3n) is 3.55. The number of nitrogens with two attached hydrogens (primary N) is 1. The lowest BCUT2D eigenvalue weighted by atomic mass is 10.1. The van der Waals surface area contributed by atoms with Crippen LogP contribution >= 0.6 is 11.6 Å². The Morgan fingerprint density at radius 2 is 1.96 bits per heavy atom. The standard InChI is InChI=1S/C17H14ClNO4/c18-12-6-7-13-11(8-12)9-14(22-13)17(21)23-15(16(19)20)10-4-2-1-3-5-10/h1-8,14-15H,9H2,(H2,19,20). The van der Waals surface area contributed by atoms with Gasteiger partial charge in [-0.3, -0.25) is 4.79 Å². The lowest BCUT2D eigenvalue weighted by Crippen LogP contribution is -2.33. The van der Waals surface area contributed by atoms with Gasteiger partial charge in [-0.25, -0.2) is 4.79 Å². The van der Waals surface area contributed by atoms with Crippen LogP contribution in [0.15, 0.2) is 48.5 Å². The molecule has 0 aromatic heterocycles. The molecule has 0 fully saturated rings. The quantitative estimate of drug-likeness (QED) is 0.873. The second-order valence-corrected chi connectivity index (χ2v) is 5.63. The van der Waals surface area contributed by atoms with Gasteiger partial charge in [0.2, 0.25) is 6.10 Å². The van der Waals surface area contributed by atoms with Crippen molar-refractivity contribution < 1.29 is 19.1 Å². The number of hydrogen-bond donors (Lipinski definition) is 1. The minimum atomic E-state index is -1.14. The van der Waals surface area contributed by atoms with Gasteiger partial charge in [0.15, 0.2) is 6.10 Å². The maximum Gasteiger partial charge on any atom is 0.348 e. The molecule has 6 heteroatoms. The number of benzene rings is 2. The van der Waals surface area contributed by atoms with Crippen molar-refractivity contribution in [2.75, 3.05) is 0 Å². The molecule has 0 saturated heterocycles. The van der Waals surface area contributed by atoms with Gasteiger partial charge in [0.05, 0.1) is 0 Å². The number of amides is 1. The zero-order chi connectivity index (χ0) is 16.4. The van der Waals surface area contributed by atoms with Gasteiger partial charge in [0.25, 0.3) is 5.91 Å². The largest absolute Gasteiger partial charge is 0.478 e. The molecule has 118 valence electrons. The second-order valence-electron chi connectivity index (χ2n) is 5.19. The predicted octanol–water partition coefficient (Wildman–Crippen LogP) is 2.41. The SMILES string of the molecule is NC(=O)C(OC(=O)C1Cc2cc(Cl)ccc2O1)c1ccccc1. The first kappa shape index (κ1) is 15.4. The minimum Gasteiger partial charge on any atom is -0.478 e. The molecule has 2 unspecified atom stereocenters. The van der Waals surface area contributed by atoms with E-state index in [-0.39, 0.29) is 0 Å². The number of fused-ring (bicyclic) bond motifs is 1. The molecule has 0 radical (unpaired) electrons. The third-order valence-corrected chi connectivity index (χ3v) is 3.79. The Labute approximate surface area is 138 Å². The molecule has 23 heavy (non-hydrogen) atoms. The Kier molecular flexibility index (Phi) is 4.21. The summed E-state index contributed by atoms with van der Waals surface area (Å²) >= 11 is 5.92. The zero-order valence-corrected chi connectivity index (χ0v) is 12.8. The average Bonchev–Trinajstić information content (AvgIpc) is 2.96. The van der Waals surface area contributed by atoms with Crippen molar-refractivity contribution >= 4 is 23.5 Å². The van der Waals surface area contributed by atoms with Gasteiger partial charge < -0.3 is 15.2 Å². The summed E-state index contributed by atoms with van der Waals surface area (Å²) in [6, 6.07) is 13.8. The molecule has 0 spiro atoms. The molecule has 2 aromatic rings. The highest BCUT2D eigenvalue weighted by molar-refractivity contribution is 6.30. The first-order valence-electron chi connectivity index (χ1n) is 7.04. The van der Waals surface area contributed by atoms with Crippen molar-refractivity contribution in [1.29, 1.82) is 0 Å². The van der Waals surface area contributed by atoms with Gasteiger partial charge in [-0.05, 0) is 23.8 Å². The third kappa shape index (κ3) is 3.29. The number of rotatable bonds is 4. The van der Waals surface area contributed by atoms with Crippen molar-refractivity contribution in [3.63, 3.8) is 0 Å². The van der Waals surface area contributed by atoms with Gasteiger partial charge in [0, 0.05) is 17.0 Å². The number of carbonyl (C=O) groups excluding carboxylic acids is 2. The van der Waals surface area contributed by atoms with Crippen LogP contribution in [0.1, 0.15) is 17.2 Å². The molecule has 2 N–H and O–H groups in total. The number of ether oxygens (including phenoxy) is 2. The minimum absolute atomic E-state index is 0.342. The van der Waals surface area contributed by atoms with E-state index in [1.54, 1.807) is 48.5 Å². The summed E-state index contributed by atoms with van der Waals surface area (Å²) in [5, 5.41) is 0.570. The molecule has 0 saturated carbocycles. The maximum absolute atomic E-state index is 12.3. The molecular formula is C17H14ClNO4. The van der Waals surface area contributed by atoms with E-state index in [9.17, 15) is 9.59 Å². The second kappa shape index (κ2) is 6.30. The van der Waals surface area contributed by atoms with E-state index in [0.717, 1.165) is 5.56 Å². The predicted molar refractivity (Wildman–Crippen MR) is 84.0 cm³/mol. The molecule has 1 aliphatic heterocycles. The van der Waals surface area contributed by atoms with E-state index in [2.05, 4.69) is 0 Å². The van der Waals surface area contributed by atoms with E-state index in [0.29, 0.717) is 22.8 Å². The van der Waals surface area contributed by atoms with Crippen molar-refractivity contribution in [2.45, 2.75) is 18.6 Å². The van der Waals surface area contributed by atoms with Crippen LogP contribution in [0.2, 0.25) is 5.02 Å². The molecule has 2 aromatic carbocycles. The van der Waals surface area contributed by atoms with Crippen molar-refractivity contribution in [1.82, 2.24) is 0 Å². The van der Waals surface area contributed by atoms with Crippen molar-refractivity contribution in [2.24, 2.45) is 5.73 Å². The van der Waals surface area contributed by atoms with Crippen LogP contribution in [-0.2, 0) is 20.7 Å². The summed E-state index contributed by atoms with van der Waals surface area (Å²) in [6.07, 6.45) is -1.61. The van der Waals surface area contributed by atoms with Crippen LogP contribution in [0.4, 0.5) is 0 Å². The molecule has 1 amide bonds. The number of halogens is 1. The number of hydrogen-bond acceptors (Lipinski definition) is 4. The van der Waals surface area contributed by atoms with Crippen LogP contribution in [0.25, 0.3) is 0 Å². The lowest BCUT2D eigenvalue weighted by molar-refractivity contribution is -0.161. The molecule has 1 heterocycles. The highest BCUT2D eigenvalue weighted by Crippen LogP contribution is 2.32. The van der Waals surface area contributed by atoms with E-state index >= 15 is 0 Å². The highest BCUT2D eigenvalue weighted by atomic mass is 35.5. The van der Waals surface area contributed by atoms with E-state index in [1.807, 2.05) is 0 Å². The van der Waals surface area contributed by atoms with Gasteiger partial charge >= 0.3 is 5.97 Å². The van der Waals surface area contributed by atoms with Crippen LogP contribution in [-0.4, -0.2) is 18.0 Å². The first-order chi connectivity index (χ1) is 11.0. The molecular weight excluding hydrogens is 318 g/mol. The van der Waals surface area contributed by atoms with Crippen molar-refractivity contribution in [3.8, 4) is 5.75 Å². The summed E-state index contributed by atoms with van der Waals surface area (Å²) < 4.78 is 10.8. The van der Waals surface area contributed by atoms with E-state index < -0.39 is 24.1 Å². The number of carbonyl (C=O) groups is 2. The van der Waals surface area contributed by atoms with Crippen LogP contribution in [0.3, 0.4) is 0 Å². The molecule has 0 aliphatic carbocycles. The Morgan fingerprint density at radius 1 is 1.22 bits per heavy atom. The molecule has 2 atom stereocenters. The van der Waals surface area contributed by atoms with Crippen LogP contribution < -0.4 is 10.5 Å². The molecule has 1 aliphatic rings. The van der Waals surface area contributed by atoms with Crippen LogP contribution in [0, 0.1) is 0 Å². The monoisotopic (exact) mass is 331 g/mol. The summed E-state index contributed by atoms with van der Waals surface area (Å²) in [5.41, 5.74) is 6.69. The van der Waals surface area contributed by atoms with Gasteiger partial charge in [0.1, 0.15) is 5.75 Å². The first-order valence-corrected chi connectivity index (χ1v) is 7.42. The Morgan fingerprint density at radius 3 is 2.65 bits per heavy atom. The summed E-state index contributed by atoms with van der Waals surface area (Å²) in [5.74, 6) is -0.778. The van der Waals surface area contributed by atoms with Gasteiger partial charge in [-0.2, -0.15) is 0 Å². The summed E-state index contributed by atoms with van der Waals surface area (Å²) in [7, 11) is 0. The molecule has 5 nitrogen and oxygen atoms in total. The average molecular weight is 332 g/mol. The number of esters is 1. The normalized spacial score (nSPS) is 17.0. The summed E-state index contributed by atoms with van der Waals surface area (Å²) in [6.45, 7) is 0. The number of primary amides is 1. The highest BCUT2D eigenvalue weighted by Gasteiger charge is 2.33. The van der Waals surface area contributed by atoms with Crippen LogP contribution in [0.5, 0.6) is 5.75 Å². The smallest absolute Gasteiger partial charge is 0.348 e. The zero-order valence-electron chi connectivity index (χ0n) is 12.1. The Bertz CT molecular complexity index is 748. The maximum atomic E-state index is 12.3. The fourth-order valence-electron chi connectivity index (χ4n) is 2.46. The topological polar surface area (TPSA) is 78.6 Å². The van der Waals surface area contributed by atoms with Gasteiger partial charge in [-0.15, -0.1) is 0 Å². The fourth-order valence-corrected chi connectivity index (χ4v) is 2.65. The summed E-state index contributed by atoms with van der Waals surface area (Å²) in [4.78, 5) is 23.9. The molecule has 0 bridgehead atoms. The fraction of sp³-hybridized carbons (Fsp3) is 0.176. The lowest BCUT2D eigenvalue weighted by Gasteiger charge is -2.17. The Hall–Kier alpha value is -2.53.